The number of likely N-dealkylation sites (tertiary alicyclic amines) is 1. The van der Waals surface area contributed by atoms with E-state index >= 15 is 0 Å². The normalized spacial score (nSPS) is 35.9. The van der Waals surface area contributed by atoms with Crippen LogP contribution in [-0.4, -0.2) is 102 Å². The van der Waals surface area contributed by atoms with Crippen LogP contribution in [0.5, 0.6) is 0 Å². The van der Waals surface area contributed by atoms with Gasteiger partial charge in [0, 0.05) is 31.9 Å². The number of hydrogen-bond acceptors (Lipinski definition) is 7. The maximum absolute atomic E-state index is 14.0. The molecule has 7 atom stereocenters. The summed E-state index contributed by atoms with van der Waals surface area (Å²) in [7, 11) is 0. The van der Waals surface area contributed by atoms with Crippen molar-refractivity contribution in [2.45, 2.75) is 50.5 Å². The molecule has 202 valence electrons. The van der Waals surface area contributed by atoms with Gasteiger partial charge in [0.25, 0.3) is 0 Å². The summed E-state index contributed by atoms with van der Waals surface area (Å²) in [6, 6.07) is 7.62. The zero-order valence-corrected chi connectivity index (χ0v) is 21.8. The minimum Gasteiger partial charge on any atom is -0.394 e. The molecular formula is C27H38N4O6. The molecule has 1 aromatic rings. The summed E-state index contributed by atoms with van der Waals surface area (Å²) in [6.45, 7) is 9.42. The molecule has 5 rings (SSSR count). The molecule has 10 heteroatoms. The predicted octanol–water partition coefficient (Wildman–Crippen LogP) is 0.465. The molecule has 0 saturated carbocycles. The number of amides is 3. The van der Waals surface area contributed by atoms with E-state index in [0.29, 0.717) is 38.4 Å². The first kappa shape index (κ1) is 26.1. The van der Waals surface area contributed by atoms with Crippen molar-refractivity contribution >= 4 is 23.4 Å². The molecule has 0 aromatic heterocycles. The Bertz CT molecular complexity index is 1030. The van der Waals surface area contributed by atoms with E-state index in [1.54, 1.807) is 19.1 Å². The molecule has 0 radical (unpaired) electrons. The Kier molecular flexibility index (Phi) is 7.04. The van der Waals surface area contributed by atoms with Crippen LogP contribution in [0.1, 0.15) is 27.2 Å². The van der Waals surface area contributed by atoms with Crippen molar-refractivity contribution in [1.29, 1.82) is 0 Å². The lowest BCUT2D eigenvalue weighted by Crippen LogP contribution is -2.58. The van der Waals surface area contributed by atoms with Crippen LogP contribution in [0.25, 0.3) is 0 Å². The number of aliphatic hydroxyl groups excluding tert-OH is 1. The van der Waals surface area contributed by atoms with Gasteiger partial charge < -0.3 is 30.1 Å². The molecule has 4 aliphatic heterocycles. The van der Waals surface area contributed by atoms with Gasteiger partial charge in [0.1, 0.15) is 11.6 Å². The first-order valence-electron chi connectivity index (χ1n) is 13.3. The summed E-state index contributed by atoms with van der Waals surface area (Å²) < 4.78 is 12.1. The van der Waals surface area contributed by atoms with Crippen LogP contribution in [0.3, 0.4) is 0 Å². The van der Waals surface area contributed by atoms with E-state index in [-0.39, 0.29) is 30.2 Å². The zero-order valence-electron chi connectivity index (χ0n) is 21.8. The number of nitrogens with one attached hydrogen (secondary N) is 2. The highest BCUT2D eigenvalue weighted by Gasteiger charge is 2.80. The minimum atomic E-state index is -1.13. The predicted molar refractivity (Wildman–Crippen MR) is 136 cm³/mol. The first-order valence-corrected chi connectivity index (χ1v) is 13.3. The van der Waals surface area contributed by atoms with E-state index in [1.165, 1.54) is 4.90 Å². The summed E-state index contributed by atoms with van der Waals surface area (Å²) in [4.78, 5) is 45.1. The highest BCUT2D eigenvalue weighted by atomic mass is 16.5. The van der Waals surface area contributed by atoms with Crippen LogP contribution >= 0.6 is 0 Å². The molecule has 3 N–H and O–H groups in total. The van der Waals surface area contributed by atoms with E-state index in [2.05, 4.69) is 15.5 Å². The molecule has 37 heavy (non-hydrogen) atoms. The van der Waals surface area contributed by atoms with Gasteiger partial charge in [-0.3, -0.25) is 19.3 Å². The van der Waals surface area contributed by atoms with Crippen LogP contribution in [0, 0.1) is 17.8 Å². The molecule has 4 heterocycles. The molecule has 3 unspecified atom stereocenters. The van der Waals surface area contributed by atoms with Crippen molar-refractivity contribution in [2.75, 3.05) is 51.3 Å². The van der Waals surface area contributed by atoms with Crippen LogP contribution in [0.15, 0.2) is 30.3 Å². The van der Waals surface area contributed by atoms with Gasteiger partial charge in [0.05, 0.1) is 43.3 Å². The van der Waals surface area contributed by atoms with E-state index in [4.69, 9.17) is 9.47 Å². The van der Waals surface area contributed by atoms with Crippen molar-refractivity contribution in [3.05, 3.63) is 30.3 Å². The number of aliphatic hydroxyl groups is 1. The van der Waals surface area contributed by atoms with Crippen LogP contribution in [-0.2, 0) is 23.9 Å². The SMILES string of the molecule is CC1CC23O[C@@]1(C)[C@H](C(=O)Nc1ccccc1)[C@H]2C(=O)N([C@H](C)CO)C3C(=O)NCCN1CCOCC1. The van der Waals surface area contributed by atoms with Crippen LogP contribution in [0.2, 0.25) is 0 Å². The molecule has 4 fully saturated rings. The second kappa shape index (κ2) is 9.98. The summed E-state index contributed by atoms with van der Waals surface area (Å²) in [5.74, 6) is -2.50. The third-order valence-electron chi connectivity index (χ3n) is 8.89. The number of benzene rings is 1. The summed E-state index contributed by atoms with van der Waals surface area (Å²) in [5.41, 5.74) is -1.37. The van der Waals surface area contributed by atoms with Gasteiger partial charge >= 0.3 is 0 Å². The van der Waals surface area contributed by atoms with Crippen LogP contribution < -0.4 is 10.6 Å². The smallest absolute Gasteiger partial charge is 0.245 e. The summed E-state index contributed by atoms with van der Waals surface area (Å²) >= 11 is 0. The fourth-order valence-electron chi connectivity index (χ4n) is 6.94. The zero-order chi connectivity index (χ0) is 26.4. The number of ether oxygens (including phenoxy) is 2. The molecule has 4 aliphatic rings. The van der Waals surface area contributed by atoms with Gasteiger partial charge in [0.15, 0.2) is 0 Å². The van der Waals surface area contributed by atoms with Gasteiger partial charge in [-0.25, -0.2) is 0 Å². The number of carbonyl (C=O) groups excluding carboxylic acids is 3. The number of anilines is 1. The molecule has 1 aromatic carbocycles. The van der Waals surface area contributed by atoms with Crippen LogP contribution in [0.4, 0.5) is 5.69 Å². The monoisotopic (exact) mass is 514 g/mol. The lowest BCUT2D eigenvalue weighted by Gasteiger charge is -2.36. The van der Waals surface area contributed by atoms with E-state index in [1.807, 2.05) is 32.0 Å². The van der Waals surface area contributed by atoms with Crippen molar-refractivity contribution in [1.82, 2.24) is 15.1 Å². The van der Waals surface area contributed by atoms with Gasteiger partial charge in [0.2, 0.25) is 17.7 Å². The number of carbonyl (C=O) groups is 3. The minimum absolute atomic E-state index is 0.0453. The molecule has 1 spiro atoms. The number of rotatable bonds is 8. The van der Waals surface area contributed by atoms with Gasteiger partial charge in [-0.2, -0.15) is 0 Å². The highest BCUT2D eigenvalue weighted by molar-refractivity contribution is 6.02. The Hall–Kier alpha value is -2.53. The lowest BCUT2D eigenvalue weighted by atomic mass is 9.62. The Morgan fingerprint density at radius 1 is 1.19 bits per heavy atom. The van der Waals surface area contributed by atoms with Crippen molar-refractivity contribution in [3.8, 4) is 0 Å². The molecule has 3 amide bonds. The van der Waals surface area contributed by atoms with Crippen molar-refractivity contribution in [2.24, 2.45) is 17.8 Å². The highest BCUT2D eigenvalue weighted by Crippen LogP contribution is 2.65. The largest absolute Gasteiger partial charge is 0.394 e. The van der Waals surface area contributed by atoms with Gasteiger partial charge in [-0.05, 0) is 38.3 Å². The molecule has 0 aliphatic carbocycles. The third-order valence-corrected chi connectivity index (χ3v) is 8.89. The van der Waals surface area contributed by atoms with E-state index in [9.17, 15) is 19.5 Å². The number of nitrogens with zero attached hydrogens (tertiary/aromatic N) is 2. The van der Waals surface area contributed by atoms with Crippen molar-refractivity contribution < 1.29 is 29.0 Å². The summed E-state index contributed by atoms with van der Waals surface area (Å²) in [5, 5.41) is 16.0. The average molecular weight is 515 g/mol. The second-order valence-electron chi connectivity index (χ2n) is 11.1. The quantitative estimate of drug-likeness (QED) is 0.461. The Balaban J connectivity index is 1.42. The topological polar surface area (TPSA) is 120 Å². The summed E-state index contributed by atoms with van der Waals surface area (Å²) in [6.07, 6.45) is 0.491. The molecular weight excluding hydrogens is 476 g/mol. The fourth-order valence-corrected chi connectivity index (χ4v) is 6.94. The Morgan fingerprint density at radius 3 is 2.57 bits per heavy atom. The second-order valence-corrected chi connectivity index (χ2v) is 11.1. The van der Waals surface area contributed by atoms with E-state index in [0.717, 1.165) is 13.1 Å². The number of hydrogen-bond donors (Lipinski definition) is 3. The Morgan fingerprint density at radius 2 is 1.89 bits per heavy atom. The Labute approximate surface area is 217 Å². The van der Waals surface area contributed by atoms with Gasteiger partial charge in [-0.1, -0.05) is 25.1 Å². The number of fused-ring (bicyclic) bond motifs is 1. The van der Waals surface area contributed by atoms with Gasteiger partial charge in [-0.15, -0.1) is 0 Å². The standard InChI is InChI=1S/C27H38N4O6/c1-17-15-27-21(20(26(17,3)37-27)23(33)29-19-7-5-4-6-8-19)25(35)31(18(2)16-32)22(27)24(34)28-9-10-30-11-13-36-14-12-30/h4-8,17-18,20-22,32H,9-16H2,1-3H3,(H,28,34)(H,29,33)/t17?,18-,20+,21+,22?,26-,27?/m1/s1. The fraction of sp³-hybridized carbons (Fsp3) is 0.667. The molecule has 2 bridgehead atoms. The first-order chi connectivity index (χ1) is 17.7. The molecule has 10 nitrogen and oxygen atoms in total. The lowest BCUT2D eigenvalue weighted by molar-refractivity contribution is -0.149. The number of morpholine rings is 1. The maximum atomic E-state index is 14.0. The number of para-hydroxylation sites is 1. The van der Waals surface area contributed by atoms with Crippen molar-refractivity contribution in [3.63, 3.8) is 0 Å². The average Bonchev–Trinajstić information content (AvgIpc) is 3.41. The molecule has 4 saturated heterocycles. The maximum Gasteiger partial charge on any atom is 0.245 e. The van der Waals surface area contributed by atoms with E-state index < -0.39 is 35.1 Å². The third kappa shape index (κ3) is 4.24.